The van der Waals surface area contributed by atoms with Crippen molar-refractivity contribution in [2.75, 3.05) is 12.9 Å². The molecule has 0 unspecified atom stereocenters. The van der Waals surface area contributed by atoms with Gasteiger partial charge in [0.15, 0.2) is 0 Å². The van der Waals surface area contributed by atoms with Crippen molar-refractivity contribution in [2.45, 2.75) is 13.8 Å². The fraction of sp³-hybridized carbons (Fsp3) is 0.833. The lowest BCUT2D eigenvalue weighted by atomic mass is 9.96. The quantitative estimate of drug-likeness (QED) is 0.644. The van der Waals surface area contributed by atoms with Crippen molar-refractivity contribution in [3.05, 3.63) is 0 Å². The van der Waals surface area contributed by atoms with Crippen LogP contribution in [0.15, 0.2) is 0 Å². The molecule has 0 saturated carbocycles. The van der Waals surface area contributed by atoms with Crippen molar-refractivity contribution < 1.29 is 22.5 Å². The zero-order valence-electron chi connectivity index (χ0n) is 7.20. The minimum Gasteiger partial charge on any atom is -0.481 e. The molecule has 0 aliphatic carbocycles. The van der Waals surface area contributed by atoms with Crippen LogP contribution in [0.2, 0.25) is 0 Å². The zero-order chi connectivity index (χ0) is 9.99. The maximum absolute atomic E-state index is 10.5. The van der Waals surface area contributed by atoms with Gasteiger partial charge in [-0.2, -0.15) is 8.42 Å². The zero-order valence-corrected chi connectivity index (χ0v) is 8.01. The molecule has 0 aromatic rings. The van der Waals surface area contributed by atoms with Crippen LogP contribution >= 0.6 is 0 Å². The van der Waals surface area contributed by atoms with Crippen LogP contribution in [0.3, 0.4) is 0 Å². The molecule has 0 spiro atoms. The lowest BCUT2D eigenvalue weighted by Gasteiger charge is -2.17. The lowest BCUT2D eigenvalue weighted by Crippen LogP contribution is -2.30. The van der Waals surface area contributed by atoms with Gasteiger partial charge in [-0.1, -0.05) is 0 Å². The van der Waals surface area contributed by atoms with Crippen molar-refractivity contribution in [2.24, 2.45) is 5.41 Å². The largest absolute Gasteiger partial charge is 0.481 e. The van der Waals surface area contributed by atoms with Gasteiger partial charge in [-0.3, -0.25) is 8.98 Å². The summed E-state index contributed by atoms with van der Waals surface area (Å²) in [7, 11) is -3.55. The van der Waals surface area contributed by atoms with Gasteiger partial charge in [0.1, 0.15) is 0 Å². The molecule has 0 saturated heterocycles. The second kappa shape index (κ2) is 3.40. The van der Waals surface area contributed by atoms with E-state index in [1.807, 2.05) is 0 Å². The molecule has 72 valence electrons. The summed E-state index contributed by atoms with van der Waals surface area (Å²) in [5.74, 6) is -1.09. The number of aliphatic carboxylic acids is 1. The lowest BCUT2D eigenvalue weighted by molar-refractivity contribution is -0.148. The Morgan fingerprint density at radius 3 is 2.17 bits per heavy atom. The Morgan fingerprint density at radius 2 is 1.92 bits per heavy atom. The van der Waals surface area contributed by atoms with E-state index in [0.717, 1.165) is 6.26 Å². The maximum atomic E-state index is 10.5. The topological polar surface area (TPSA) is 80.7 Å². The average molecular weight is 196 g/mol. The Bertz CT molecular complexity index is 264. The summed E-state index contributed by atoms with van der Waals surface area (Å²) in [5.41, 5.74) is -1.18. The number of carboxylic acids is 1. The van der Waals surface area contributed by atoms with Crippen molar-refractivity contribution in [1.82, 2.24) is 0 Å². The highest BCUT2D eigenvalue weighted by atomic mass is 32.2. The molecule has 0 fully saturated rings. The normalized spacial score (nSPS) is 12.9. The standard InChI is InChI=1S/C6H12O5S/c1-6(2,5(7)8)4-11-12(3,9)10/h4H2,1-3H3,(H,7,8). The van der Waals surface area contributed by atoms with E-state index in [2.05, 4.69) is 4.18 Å². The second-order valence-electron chi connectivity index (χ2n) is 3.16. The van der Waals surface area contributed by atoms with Gasteiger partial charge in [-0.25, -0.2) is 0 Å². The second-order valence-corrected chi connectivity index (χ2v) is 4.80. The molecule has 0 aliphatic rings. The maximum Gasteiger partial charge on any atom is 0.311 e. The molecule has 0 rings (SSSR count). The third-order valence-corrected chi connectivity index (χ3v) is 1.76. The molecule has 6 heteroatoms. The molecule has 0 aromatic carbocycles. The molecular formula is C6H12O5S. The van der Waals surface area contributed by atoms with Crippen molar-refractivity contribution >= 4 is 16.1 Å². The number of hydrogen-bond donors (Lipinski definition) is 1. The Balaban J connectivity index is 4.20. The van der Waals surface area contributed by atoms with E-state index in [0.29, 0.717) is 0 Å². The first kappa shape index (κ1) is 11.4. The van der Waals surface area contributed by atoms with Gasteiger partial charge in [0.25, 0.3) is 10.1 Å². The molecule has 0 atom stereocenters. The van der Waals surface area contributed by atoms with Crippen LogP contribution in [-0.4, -0.2) is 32.4 Å². The third-order valence-electron chi connectivity index (χ3n) is 1.21. The molecule has 12 heavy (non-hydrogen) atoms. The minimum absolute atomic E-state index is 0.346. The summed E-state index contributed by atoms with van der Waals surface area (Å²) in [6, 6.07) is 0. The predicted molar refractivity (Wildman–Crippen MR) is 42.2 cm³/mol. The molecule has 0 aromatic heterocycles. The summed E-state index contributed by atoms with van der Waals surface area (Å²) < 4.78 is 25.3. The number of hydrogen-bond acceptors (Lipinski definition) is 4. The van der Waals surface area contributed by atoms with Crippen LogP contribution in [0.1, 0.15) is 13.8 Å². The molecule has 0 aliphatic heterocycles. The Morgan fingerprint density at radius 1 is 1.50 bits per heavy atom. The van der Waals surface area contributed by atoms with Gasteiger partial charge < -0.3 is 5.11 Å². The first-order valence-corrected chi connectivity index (χ1v) is 5.04. The Labute approximate surface area is 71.5 Å². The summed E-state index contributed by atoms with van der Waals surface area (Å²) >= 11 is 0. The highest BCUT2D eigenvalue weighted by Crippen LogP contribution is 2.16. The summed E-state index contributed by atoms with van der Waals surface area (Å²) in [5, 5.41) is 8.56. The molecule has 0 radical (unpaired) electrons. The van der Waals surface area contributed by atoms with E-state index >= 15 is 0 Å². The van der Waals surface area contributed by atoms with Gasteiger partial charge in [0.2, 0.25) is 0 Å². The first-order chi connectivity index (χ1) is 5.15. The Kier molecular flexibility index (Phi) is 3.23. The van der Waals surface area contributed by atoms with Crippen LogP contribution in [0, 0.1) is 5.41 Å². The highest BCUT2D eigenvalue weighted by Gasteiger charge is 2.28. The van der Waals surface area contributed by atoms with Gasteiger partial charge in [0, 0.05) is 0 Å². The summed E-state index contributed by atoms with van der Waals surface area (Å²) in [4.78, 5) is 10.5. The van der Waals surface area contributed by atoms with Crippen molar-refractivity contribution in [1.29, 1.82) is 0 Å². The van der Waals surface area contributed by atoms with E-state index in [-0.39, 0.29) is 6.61 Å². The van der Waals surface area contributed by atoms with Gasteiger partial charge in [-0.15, -0.1) is 0 Å². The smallest absolute Gasteiger partial charge is 0.311 e. The fourth-order valence-electron chi connectivity index (χ4n) is 0.316. The van der Waals surface area contributed by atoms with Crippen LogP contribution in [0.25, 0.3) is 0 Å². The number of carboxylic acid groups (broad SMARTS) is 1. The highest BCUT2D eigenvalue weighted by molar-refractivity contribution is 7.85. The van der Waals surface area contributed by atoms with Crippen molar-refractivity contribution in [3.8, 4) is 0 Å². The minimum atomic E-state index is -3.55. The first-order valence-electron chi connectivity index (χ1n) is 3.23. The summed E-state index contributed by atoms with van der Waals surface area (Å²) in [6.45, 7) is 2.43. The molecule has 1 N–H and O–H groups in total. The van der Waals surface area contributed by atoms with E-state index in [9.17, 15) is 13.2 Å². The monoisotopic (exact) mass is 196 g/mol. The molecular weight excluding hydrogens is 184 g/mol. The molecule has 0 bridgehead atoms. The van der Waals surface area contributed by atoms with Crippen LogP contribution in [0.4, 0.5) is 0 Å². The fourth-order valence-corrected chi connectivity index (χ4v) is 0.825. The SMILES string of the molecule is CC(C)(COS(C)(=O)=O)C(=O)O. The van der Waals surface area contributed by atoms with E-state index in [1.165, 1.54) is 13.8 Å². The molecule has 0 amide bonds. The third kappa shape index (κ3) is 4.30. The molecule has 5 nitrogen and oxygen atoms in total. The van der Waals surface area contributed by atoms with Crippen LogP contribution in [0.5, 0.6) is 0 Å². The Hall–Kier alpha value is -0.620. The van der Waals surface area contributed by atoms with E-state index < -0.39 is 21.5 Å². The van der Waals surface area contributed by atoms with Crippen LogP contribution in [-0.2, 0) is 19.1 Å². The molecule has 0 heterocycles. The summed E-state index contributed by atoms with van der Waals surface area (Å²) in [6.07, 6.45) is 0.880. The number of carbonyl (C=O) groups is 1. The number of rotatable bonds is 4. The van der Waals surface area contributed by atoms with E-state index in [4.69, 9.17) is 5.11 Å². The predicted octanol–water partition coefficient (Wildman–Crippen LogP) is 0.0734. The van der Waals surface area contributed by atoms with Crippen LogP contribution < -0.4 is 0 Å². The van der Waals surface area contributed by atoms with Gasteiger partial charge in [0.05, 0.1) is 18.3 Å². The average Bonchev–Trinajstić information content (AvgIpc) is 1.82. The van der Waals surface area contributed by atoms with Gasteiger partial charge >= 0.3 is 5.97 Å². The van der Waals surface area contributed by atoms with Crippen molar-refractivity contribution in [3.63, 3.8) is 0 Å². The van der Waals surface area contributed by atoms with E-state index in [1.54, 1.807) is 0 Å². The van der Waals surface area contributed by atoms with Gasteiger partial charge in [-0.05, 0) is 13.8 Å².